The number of hydrogen-bond donors (Lipinski definition) is 1. The van der Waals surface area contributed by atoms with E-state index in [0.29, 0.717) is 17.7 Å². The van der Waals surface area contributed by atoms with Crippen LogP contribution >= 0.6 is 0 Å². The van der Waals surface area contributed by atoms with Gasteiger partial charge in [0.25, 0.3) is 5.91 Å². The molecule has 0 spiro atoms. The van der Waals surface area contributed by atoms with Gasteiger partial charge in [-0.25, -0.2) is 4.79 Å². The molecule has 3 rings (SSSR count). The second-order valence-electron chi connectivity index (χ2n) is 6.86. The van der Waals surface area contributed by atoms with Crippen LogP contribution in [0.15, 0.2) is 48.5 Å². The first-order chi connectivity index (χ1) is 13.2. The van der Waals surface area contributed by atoms with E-state index in [1.807, 2.05) is 6.07 Å². The summed E-state index contributed by atoms with van der Waals surface area (Å²) in [6.07, 6.45) is 3.85. The second-order valence-corrected chi connectivity index (χ2v) is 6.86. The average Bonchev–Trinajstić information content (AvgIpc) is 2.73. The third-order valence-corrected chi connectivity index (χ3v) is 4.97. The van der Waals surface area contributed by atoms with E-state index in [2.05, 4.69) is 33.2 Å². The van der Waals surface area contributed by atoms with Crippen LogP contribution in [0, 0.1) is 0 Å². The van der Waals surface area contributed by atoms with Crippen molar-refractivity contribution >= 4 is 11.9 Å². The Morgan fingerprint density at radius 2 is 1.56 bits per heavy atom. The van der Waals surface area contributed by atoms with Crippen molar-refractivity contribution in [3.05, 3.63) is 70.8 Å². The number of rotatable bonds is 6. The molecular formula is C22H26N2O3. The molecule has 0 saturated carbocycles. The first-order valence-electron chi connectivity index (χ1n) is 9.43. The Kier molecular flexibility index (Phi) is 6.60. The molecule has 1 saturated heterocycles. The number of nitrogens with one attached hydrogen (secondary N) is 1. The van der Waals surface area contributed by atoms with Crippen LogP contribution in [0.4, 0.5) is 0 Å². The molecule has 0 unspecified atom stereocenters. The number of methoxy groups -OCH3 is 1. The fourth-order valence-corrected chi connectivity index (χ4v) is 3.40. The van der Waals surface area contributed by atoms with Crippen molar-refractivity contribution in [2.24, 2.45) is 0 Å². The van der Waals surface area contributed by atoms with Crippen LogP contribution in [0.5, 0.6) is 0 Å². The van der Waals surface area contributed by atoms with E-state index in [4.69, 9.17) is 0 Å². The molecule has 1 aliphatic rings. The van der Waals surface area contributed by atoms with Crippen molar-refractivity contribution in [1.29, 1.82) is 0 Å². The number of likely N-dealkylation sites (tertiary alicyclic amines) is 1. The highest BCUT2D eigenvalue weighted by atomic mass is 16.5. The van der Waals surface area contributed by atoms with Crippen molar-refractivity contribution < 1.29 is 14.3 Å². The predicted octanol–water partition coefficient (Wildman–Crippen LogP) is 3.39. The molecule has 2 aromatic carbocycles. The van der Waals surface area contributed by atoms with Gasteiger partial charge in [0.15, 0.2) is 0 Å². The van der Waals surface area contributed by atoms with E-state index in [9.17, 15) is 9.59 Å². The monoisotopic (exact) mass is 366 g/mol. The molecule has 5 nitrogen and oxygen atoms in total. The van der Waals surface area contributed by atoms with Gasteiger partial charge in [-0.3, -0.25) is 9.69 Å². The number of esters is 1. The number of benzene rings is 2. The molecule has 142 valence electrons. The summed E-state index contributed by atoms with van der Waals surface area (Å²) in [5.41, 5.74) is 3.36. The largest absolute Gasteiger partial charge is 0.465 e. The predicted molar refractivity (Wildman–Crippen MR) is 105 cm³/mol. The minimum absolute atomic E-state index is 0.154. The van der Waals surface area contributed by atoms with Crippen molar-refractivity contribution in [3.63, 3.8) is 0 Å². The van der Waals surface area contributed by atoms with Gasteiger partial charge in [-0.2, -0.15) is 0 Å². The first-order valence-corrected chi connectivity index (χ1v) is 9.43. The third-order valence-electron chi connectivity index (χ3n) is 4.97. The summed E-state index contributed by atoms with van der Waals surface area (Å²) in [7, 11) is 1.34. The van der Waals surface area contributed by atoms with Gasteiger partial charge in [0, 0.05) is 18.7 Å². The molecule has 1 heterocycles. The Morgan fingerprint density at radius 3 is 2.22 bits per heavy atom. The molecule has 0 atom stereocenters. The molecule has 0 aliphatic carbocycles. The van der Waals surface area contributed by atoms with Crippen LogP contribution in [0.25, 0.3) is 0 Å². The highest BCUT2D eigenvalue weighted by Crippen LogP contribution is 2.16. The standard InChI is InChI=1S/C22H26N2O3/c1-27-22(26)18-11-9-17(10-12-18)21(25)23-15-19-7-3-4-8-20(19)16-24-13-5-2-6-14-24/h3-4,7-12H,2,5-6,13-16H2,1H3,(H,23,25). The van der Waals surface area contributed by atoms with Gasteiger partial charge >= 0.3 is 5.97 Å². The summed E-state index contributed by atoms with van der Waals surface area (Å²) in [4.78, 5) is 26.4. The lowest BCUT2D eigenvalue weighted by atomic mass is 10.0. The molecule has 0 radical (unpaired) electrons. The van der Waals surface area contributed by atoms with Crippen LogP contribution in [-0.2, 0) is 17.8 Å². The fraction of sp³-hybridized carbons (Fsp3) is 0.364. The maximum Gasteiger partial charge on any atom is 0.337 e. The molecule has 0 bridgehead atoms. The maximum absolute atomic E-state index is 12.4. The van der Waals surface area contributed by atoms with Gasteiger partial charge in [0.05, 0.1) is 12.7 Å². The Balaban J connectivity index is 1.60. The van der Waals surface area contributed by atoms with Crippen LogP contribution in [-0.4, -0.2) is 37.0 Å². The summed E-state index contributed by atoms with van der Waals surface area (Å²) < 4.78 is 4.67. The normalized spacial score (nSPS) is 14.6. The first kappa shape index (κ1) is 19.1. The Hall–Kier alpha value is -2.66. The molecule has 2 aromatic rings. The van der Waals surface area contributed by atoms with Gasteiger partial charge in [-0.05, 0) is 61.3 Å². The number of hydrogen-bond acceptors (Lipinski definition) is 4. The zero-order valence-electron chi connectivity index (χ0n) is 15.7. The third kappa shape index (κ3) is 5.17. The minimum atomic E-state index is -0.409. The number of piperidine rings is 1. The number of amides is 1. The van der Waals surface area contributed by atoms with Gasteiger partial charge in [-0.1, -0.05) is 30.7 Å². The lowest BCUT2D eigenvalue weighted by molar-refractivity contribution is 0.0600. The van der Waals surface area contributed by atoms with Crippen molar-refractivity contribution in [1.82, 2.24) is 10.2 Å². The molecule has 1 amide bonds. The van der Waals surface area contributed by atoms with Gasteiger partial charge in [0.2, 0.25) is 0 Å². The Labute approximate surface area is 160 Å². The quantitative estimate of drug-likeness (QED) is 0.796. The van der Waals surface area contributed by atoms with E-state index in [1.165, 1.54) is 31.9 Å². The van der Waals surface area contributed by atoms with E-state index in [0.717, 1.165) is 25.2 Å². The van der Waals surface area contributed by atoms with Gasteiger partial charge in [0.1, 0.15) is 0 Å². The van der Waals surface area contributed by atoms with Crippen LogP contribution in [0.2, 0.25) is 0 Å². The average molecular weight is 366 g/mol. The van der Waals surface area contributed by atoms with Crippen LogP contribution < -0.4 is 5.32 Å². The molecule has 27 heavy (non-hydrogen) atoms. The summed E-state index contributed by atoms with van der Waals surface area (Å²) in [5.74, 6) is -0.562. The van der Waals surface area contributed by atoms with E-state index >= 15 is 0 Å². The number of carbonyl (C=O) groups excluding carboxylic acids is 2. The molecular weight excluding hydrogens is 340 g/mol. The summed E-state index contributed by atoms with van der Waals surface area (Å²) in [6, 6.07) is 14.8. The van der Waals surface area contributed by atoms with E-state index < -0.39 is 5.97 Å². The smallest absolute Gasteiger partial charge is 0.337 e. The van der Waals surface area contributed by atoms with E-state index in [-0.39, 0.29) is 5.91 Å². The molecule has 1 fully saturated rings. The number of nitrogens with zero attached hydrogens (tertiary/aromatic N) is 1. The number of ether oxygens (including phenoxy) is 1. The molecule has 5 heteroatoms. The highest BCUT2D eigenvalue weighted by Gasteiger charge is 2.13. The van der Waals surface area contributed by atoms with Crippen molar-refractivity contribution in [2.75, 3.05) is 20.2 Å². The SMILES string of the molecule is COC(=O)c1ccc(C(=O)NCc2ccccc2CN2CCCCC2)cc1. The molecule has 1 N–H and O–H groups in total. The lowest BCUT2D eigenvalue weighted by Gasteiger charge is -2.27. The zero-order chi connectivity index (χ0) is 19.1. The zero-order valence-corrected chi connectivity index (χ0v) is 15.7. The Bertz CT molecular complexity index is 780. The lowest BCUT2D eigenvalue weighted by Crippen LogP contribution is -2.30. The number of carbonyl (C=O) groups is 2. The highest BCUT2D eigenvalue weighted by molar-refractivity contribution is 5.96. The van der Waals surface area contributed by atoms with Crippen molar-refractivity contribution in [2.45, 2.75) is 32.4 Å². The maximum atomic E-state index is 12.4. The molecule has 0 aromatic heterocycles. The Morgan fingerprint density at radius 1 is 0.926 bits per heavy atom. The van der Waals surface area contributed by atoms with E-state index in [1.54, 1.807) is 24.3 Å². The topological polar surface area (TPSA) is 58.6 Å². The summed E-state index contributed by atoms with van der Waals surface area (Å²) in [6.45, 7) is 3.71. The van der Waals surface area contributed by atoms with Crippen molar-refractivity contribution in [3.8, 4) is 0 Å². The summed E-state index contributed by atoms with van der Waals surface area (Å²) in [5, 5.41) is 2.98. The summed E-state index contributed by atoms with van der Waals surface area (Å²) >= 11 is 0. The van der Waals surface area contributed by atoms with Gasteiger partial charge in [-0.15, -0.1) is 0 Å². The van der Waals surface area contributed by atoms with Crippen LogP contribution in [0.1, 0.15) is 51.1 Å². The van der Waals surface area contributed by atoms with Gasteiger partial charge < -0.3 is 10.1 Å². The van der Waals surface area contributed by atoms with Crippen LogP contribution in [0.3, 0.4) is 0 Å². The minimum Gasteiger partial charge on any atom is -0.465 e. The fourth-order valence-electron chi connectivity index (χ4n) is 3.40. The molecule has 1 aliphatic heterocycles. The second kappa shape index (κ2) is 9.33.